The van der Waals surface area contributed by atoms with Gasteiger partial charge in [0.25, 0.3) is 0 Å². The lowest BCUT2D eigenvalue weighted by Crippen LogP contribution is -2.01. The first kappa shape index (κ1) is 29.8. The molecule has 0 aliphatic heterocycles. The Morgan fingerprint density at radius 1 is 0.327 bits per heavy atom. The number of pyridine rings is 2. The summed E-state index contributed by atoms with van der Waals surface area (Å²) in [6.45, 7) is 0. The Bertz CT molecular complexity index is 2850. The van der Waals surface area contributed by atoms with Gasteiger partial charge in [-0.2, -0.15) is 0 Å². The molecule has 5 heteroatoms. The summed E-state index contributed by atoms with van der Waals surface area (Å²) in [6, 6.07) is 56.7. The Hall–Kier alpha value is -7.11. The van der Waals surface area contributed by atoms with Crippen molar-refractivity contribution >= 4 is 43.2 Å². The van der Waals surface area contributed by atoms with Gasteiger partial charge in [0.1, 0.15) is 0 Å². The fourth-order valence-corrected chi connectivity index (χ4v) is 7.32. The molecule has 0 aliphatic carbocycles. The van der Waals surface area contributed by atoms with Crippen molar-refractivity contribution < 1.29 is 0 Å². The maximum atomic E-state index is 5.30. The van der Waals surface area contributed by atoms with Gasteiger partial charge in [-0.1, -0.05) is 127 Å². The summed E-state index contributed by atoms with van der Waals surface area (Å²) >= 11 is 0. The maximum Gasteiger partial charge on any atom is 0.164 e. The third-order valence-electron chi connectivity index (χ3n) is 9.73. The Labute approximate surface area is 300 Å². The van der Waals surface area contributed by atoms with E-state index in [4.69, 9.17) is 19.9 Å². The standard InChI is InChI=1S/C47H29N5/c1-3-13-30(14-4-1)45-50-46(31-15-5-2-6-16-31)52-47(51-45)36-27-34(43-37-19-9-7-17-32(37)25-33-18-8-10-20-38(33)43)26-35(28-36)44-41-29-48-24-23-39(41)40-21-11-12-22-42(40)49-44/h1-29H. The second-order valence-corrected chi connectivity index (χ2v) is 12.9. The van der Waals surface area contributed by atoms with E-state index in [1.807, 2.05) is 79.1 Å². The van der Waals surface area contributed by atoms with Crippen LogP contribution in [0.25, 0.3) is 99.8 Å². The van der Waals surface area contributed by atoms with Crippen molar-refractivity contribution in [1.82, 2.24) is 24.9 Å². The summed E-state index contributed by atoms with van der Waals surface area (Å²) in [5, 5.41) is 7.89. The highest BCUT2D eigenvalue weighted by Crippen LogP contribution is 2.41. The summed E-state index contributed by atoms with van der Waals surface area (Å²) in [4.78, 5) is 25.1. The summed E-state index contributed by atoms with van der Waals surface area (Å²) in [6.07, 6.45) is 3.78. The zero-order valence-corrected chi connectivity index (χ0v) is 28.0. The largest absolute Gasteiger partial charge is 0.264 e. The van der Waals surface area contributed by atoms with E-state index in [2.05, 4.69) is 102 Å². The third-order valence-corrected chi connectivity index (χ3v) is 9.73. The lowest BCUT2D eigenvalue weighted by Gasteiger charge is -2.16. The smallest absolute Gasteiger partial charge is 0.164 e. The number of fused-ring (bicyclic) bond motifs is 5. The number of rotatable bonds is 5. The lowest BCUT2D eigenvalue weighted by molar-refractivity contribution is 1.07. The van der Waals surface area contributed by atoms with Crippen molar-refractivity contribution in [3.8, 4) is 56.5 Å². The summed E-state index contributed by atoms with van der Waals surface area (Å²) in [5.74, 6) is 1.82. The molecule has 10 aromatic rings. The topological polar surface area (TPSA) is 64.5 Å². The van der Waals surface area contributed by atoms with Gasteiger partial charge in [-0.15, -0.1) is 0 Å². The van der Waals surface area contributed by atoms with Gasteiger partial charge in [-0.05, 0) is 74.5 Å². The van der Waals surface area contributed by atoms with Crippen LogP contribution in [0.3, 0.4) is 0 Å². The molecule has 0 saturated heterocycles. The van der Waals surface area contributed by atoms with Crippen LogP contribution in [0.1, 0.15) is 0 Å². The molecule has 242 valence electrons. The molecule has 3 heterocycles. The van der Waals surface area contributed by atoms with Crippen LogP contribution >= 0.6 is 0 Å². The molecule has 0 bridgehead atoms. The van der Waals surface area contributed by atoms with Gasteiger partial charge >= 0.3 is 0 Å². The molecule has 3 aromatic heterocycles. The van der Waals surface area contributed by atoms with Gasteiger partial charge < -0.3 is 0 Å². The first-order chi connectivity index (χ1) is 25.8. The molecule has 0 amide bonds. The number of aromatic nitrogens is 5. The first-order valence-electron chi connectivity index (χ1n) is 17.3. The van der Waals surface area contributed by atoms with Gasteiger partial charge in [0, 0.05) is 45.4 Å². The van der Waals surface area contributed by atoms with E-state index in [0.717, 1.165) is 60.8 Å². The second-order valence-electron chi connectivity index (χ2n) is 12.9. The molecule has 10 rings (SSSR count). The Morgan fingerprint density at radius 2 is 0.846 bits per heavy atom. The molecular weight excluding hydrogens is 635 g/mol. The Balaban J connectivity index is 1.31. The van der Waals surface area contributed by atoms with Crippen molar-refractivity contribution in [2.75, 3.05) is 0 Å². The molecule has 0 radical (unpaired) electrons. The van der Waals surface area contributed by atoms with E-state index >= 15 is 0 Å². The molecule has 0 unspecified atom stereocenters. The number of benzene rings is 7. The van der Waals surface area contributed by atoms with Gasteiger partial charge in [0.2, 0.25) is 0 Å². The van der Waals surface area contributed by atoms with Gasteiger partial charge in [-0.25, -0.2) is 19.9 Å². The summed E-state index contributed by atoms with van der Waals surface area (Å²) < 4.78 is 0. The minimum atomic E-state index is 0.587. The van der Waals surface area contributed by atoms with E-state index in [1.165, 1.54) is 21.5 Å². The molecule has 0 saturated carbocycles. The fourth-order valence-electron chi connectivity index (χ4n) is 7.32. The lowest BCUT2D eigenvalue weighted by atomic mass is 9.89. The zero-order chi connectivity index (χ0) is 34.4. The predicted molar refractivity (Wildman–Crippen MR) is 213 cm³/mol. The highest BCUT2D eigenvalue weighted by Gasteiger charge is 2.19. The summed E-state index contributed by atoms with van der Waals surface area (Å²) in [5.41, 5.74) is 7.66. The number of nitrogens with zero attached hydrogens (tertiary/aromatic N) is 5. The monoisotopic (exact) mass is 663 g/mol. The van der Waals surface area contributed by atoms with Crippen molar-refractivity contribution in [2.24, 2.45) is 0 Å². The summed E-state index contributed by atoms with van der Waals surface area (Å²) in [7, 11) is 0. The molecular formula is C47H29N5. The molecule has 7 aromatic carbocycles. The normalized spacial score (nSPS) is 11.5. The van der Waals surface area contributed by atoms with Crippen LogP contribution in [0.4, 0.5) is 0 Å². The van der Waals surface area contributed by atoms with E-state index in [9.17, 15) is 0 Å². The van der Waals surface area contributed by atoms with Crippen LogP contribution in [0.15, 0.2) is 176 Å². The van der Waals surface area contributed by atoms with E-state index in [0.29, 0.717) is 17.5 Å². The van der Waals surface area contributed by atoms with Gasteiger partial charge in [-0.3, -0.25) is 4.98 Å². The molecule has 0 fully saturated rings. The molecule has 0 aliphatic rings. The van der Waals surface area contributed by atoms with Crippen molar-refractivity contribution in [1.29, 1.82) is 0 Å². The van der Waals surface area contributed by atoms with Crippen LogP contribution < -0.4 is 0 Å². The maximum absolute atomic E-state index is 5.30. The number of para-hydroxylation sites is 1. The molecule has 0 spiro atoms. The van der Waals surface area contributed by atoms with Crippen LogP contribution in [0.2, 0.25) is 0 Å². The highest BCUT2D eigenvalue weighted by atomic mass is 15.0. The van der Waals surface area contributed by atoms with E-state index in [-0.39, 0.29) is 0 Å². The van der Waals surface area contributed by atoms with Crippen molar-refractivity contribution in [3.05, 3.63) is 176 Å². The zero-order valence-electron chi connectivity index (χ0n) is 28.0. The minimum absolute atomic E-state index is 0.587. The minimum Gasteiger partial charge on any atom is -0.264 e. The average molecular weight is 664 g/mol. The third kappa shape index (κ3) is 5.15. The fraction of sp³-hybridized carbons (Fsp3) is 0. The SMILES string of the molecule is c1ccc(-c2nc(-c3ccccc3)nc(-c3cc(-c4c5ccccc5cc5ccccc45)cc(-c4nc5ccccc5c5ccncc45)c3)n2)cc1. The molecule has 0 N–H and O–H groups in total. The molecule has 52 heavy (non-hydrogen) atoms. The van der Waals surface area contributed by atoms with Crippen molar-refractivity contribution in [3.63, 3.8) is 0 Å². The molecule has 5 nitrogen and oxygen atoms in total. The van der Waals surface area contributed by atoms with E-state index in [1.54, 1.807) is 0 Å². The van der Waals surface area contributed by atoms with E-state index < -0.39 is 0 Å². The quantitative estimate of drug-likeness (QED) is 0.135. The van der Waals surface area contributed by atoms with Gasteiger partial charge in [0.05, 0.1) is 11.2 Å². The van der Waals surface area contributed by atoms with Crippen LogP contribution in [-0.2, 0) is 0 Å². The average Bonchev–Trinajstić information content (AvgIpc) is 3.22. The van der Waals surface area contributed by atoms with Crippen LogP contribution in [-0.4, -0.2) is 24.9 Å². The highest BCUT2D eigenvalue weighted by molar-refractivity contribution is 6.14. The second kappa shape index (κ2) is 12.3. The molecule has 0 atom stereocenters. The number of hydrogen-bond donors (Lipinski definition) is 0. The Kier molecular flexibility index (Phi) is 7.07. The van der Waals surface area contributed by atoms with Crippen LogP contribution in [0.5, 0.6) is 0 Å². The predicted octanol–water partition coefficient (Wildman–Crippen LogP) is 11.6. The van der Waals surface area contributed by atoms with Gasteiger partial charge in [0.15, 0.2) is 17.5 Å². The van der Waals surface area contributed by atoms with Crippen LogP contribution in [0, 0.1) is 0 Å². The number of hydrogen-bond acceptors (Lipinski definition) is 5. The first-order valence-corrected chi connectivity index (χ1v) is 17.3. The van der Waals surface area contributed by atoms with Crippen molar-refractivity contribution in [2.45, 2.75) is 0 Å². The Morgan fingerprint density at radius 3 is 1.50 bits per heavy atom.